The average molecular weight is 264 g/mol. The van der Waals surface area contributed by atoms with Crippen LogP contribution < -0.4 is 10.7 Å². The highest BCUT2D eigenvalue weighted by Crippen LogP contribution is 2.11. The molecule has 18 heavy (non-hydrogen) atoms. The first-order valence-electron chi connectivity index (χ1n) is 5.05. The number of nitrogens with one attached hydrogen (secondary N) is 2. The van der Waals surface area contributed by atoms with Gasteiger partial charge in [-0.25, -0.2) is 0 Å². The van der Waals surface area contributed by atoms with Crippen LogP contribution in [-0.4, -0.2) is 22.8 Å². The number of thiocarbonyl (C=S) groups is 1. The van der Waals surface area contributed by atoms with Gasteiger partial charge in [-0.05, 0) is 12.2 Å². The van der Waals surface area contributed by atoms with Crippen LogP contribution in [-0.2, 0) is 0 Å². The Morgan fingerprint density at radius 2 is 2.39 bits per heavy atom. The fraction of sp³-hybridized carbons (Fsp3) is 0.0909. The molecule has 6 nitrogen and oxygen atoms in total. The molecule has 1 aromatic rings. The Kier molecular flexibility index (Phi) is 5.46. The highest BCUT2D eigenvalue weighted by atomic mass is 32.1. The molecule has 1 aromatic carbocycles. The summed E-state index contributed by atoms with van der Waals surface area (Å²) in [5.41, 5.74) is 3.22. The van der Waals surface area contributed by atoms with Gasteiger partial charge >= 0.3 is 0 Å². The lowest BCUT2D eigenvalue weighted by molar-refractivity contribution is -0.384. The van der Waals surface area contributed by atoms with E-state index in [1.165, 1.54) is 18.3 Å². The zero-order valence-electron chi connectivity index (χ0n) is 9.50. The maximum Gasteiger partial charge on any atom is 0.270 e. The zero-order valence-corrected chi connectivity index (χ0v) is 10.3. The molecule has 0 radical (unpaired) electrons. The minimum absolute atomic E-state index is 0.0197. The van der Waals surface area contributed by atoms with Crippen LogP contribution in [0, 0.1) is 10.1 Å². The lowest BCUT2D eigenvalue weighted by atomic mass is 10.2. The van der Waals surface area contributed by atoms with Crippen molar-refractivity contribution in [3.8, 4) is 0 Å². The topological polar surface area (TPSA) is 79.6 Å². The molecule has 0 heterocycles. The van der Waals surface area contributed by atoms with Gasteiger partial charge in [-0.2, -0.15) is 5.10 Å². The summed E-state index contributed by atoms with van der Waals surface area (Å²) >= 11 is 4.91. The Balaban J connectivity index is 2.56. The SMILES string of the molecule is C=CCNC(=S)NN=Cc1cccc([N+](=O)[O-])c1. The monoisotopic (exact) mass is 264 g/mol. The number of nitro benzene ring substituents is 1. The molecule has 0 aliphatic carbocycles. The molecule has 0 aromatic heterocycles. The van der Waals surface area contributed by atoms with E-state index in [2.05, 4.69) is 22.4 Å². The van der Waals surface area contributed by atoms with E-state index in [0.717, 1.165) is 0 Å². The van der Waals surface area contributed by atoms with E-state index in [0.29, 0.717) is 17.2 Å². The van der Waals surface area contributed by atoms with E-state index < -0.39 is 4.92 Å². The molecule has 0 amide bonds. The Morgan fingerprint density at radius 3 is 3.06 bits per heavy atom. The van der Waals surface area contributed by atoms with Crippen LogP contribution in [0.4, 0.5) is 5.69 Å². The van der Waals surface area contributed by atoms with Gasteiger partial charge in [0.05, 0.1) is 11.1 Å². The molecular formula is C11H12N4O2S. The van der Waals surface area contributed by atoms with Crippen LogP contribution in [0.2, 0.25) is 0 Å². The number of hydrogen-bond acceptors (Lipinski definition) is 4. The van der Waals surface area contributed by atoms with Crippen LogP contribution in [0.25, 0.3) is 0 Å². The number of hydrazone groups is 1. The summed E-state index contributed by atoms with van der Waals surface area (Å²) in [6.45, 7) is 4.07. The average Bonchev–Trinajstić information content (AvgIpc) is 2.36. The fourth-order valence-corrected chi connectivity index (χ4v) is 1.22. The Morgan fingerprint density at radius 1 is 1.61 bits per heavy atom. The molecule has 0 saturated carbocycles. The summed E-state index contributed by atoms with van der Waals surface area (Å²) in [5.74, 6) is 0. The van der Waals surface area contributed by atoms with Gasteiger partial charge in [0.2, 0.25) is 0 Å². The Labute approximate surface area is 110 Å². The van der Waals surface area contributed by atoms with E-state index in [-0.39, 0.29) is 5.69 Å². The van der Waals surface area contributed by atoms with Crippen molar-refractivity contribution < 1.29 is 4.92 Å². The highest BCUT2D eigenvalue weighted by Gasteiger charge is 2.03. The van der Waals surface area contributed by atoms with Gasteiger partial charge in [-0.3, -0.25) is 15.5 Å². The van der Waals surface area contributed by atoms with Gasteiger partial charge in [0.1, 0.15) is 0 Å². The van der Waals surface area contributed by atoms with Crippen LogP contribution in [0.5, 0.6) is 0 Å². The van der Waals surface area contributed by atoms with Crippen molar-refractivity contribution in [2.75, 3.05) is 6.54 Å². The lowest BCUT2D eigenvalue weighted by Gasteiger charge is -2.02. The molecule has 0 saturated heterocycles. The molecule has 0 aliphatic rings. The van der Waals surface area contributed by atoms with Gasteiger partial charge in [-0.1, -0.05) is 18.2 Å². The second-order valence-electron chi connectivity index (χ2n) is 3.22. The highest BCUT2D eigenvalue weighted by molar-refractivity contribution is 7.80. The van der Waals surface area contributed by atoms with E-state index in [1.807, 2.05) is 0 Å². The van der Waals surface area contributed by atoms with E-state index >= 15 is 0 Å². The number of hydrogen-bond donors (Lipinski definition) is 2. The molecule has 0 aliphatic heterocycles. The van der Waals surface area contributed by atoms with Crippen molar-refractivity contribution in [1.82, 2.24) is 10.7 Å². The van der Waals surface area contributed by atoms with E-state index in [1.54, 1.807) is 18.2 Å². The second-order valence-corrected chi connectivity index (χ2v) is 3.63. The lowest BCUT2D eigenvalue weighted by Crippen LogP contribution is -2.31. The predicted octanol–water partition coefficient (Wildman–Crippen LogP) is 1.58. The fourth-order valence-electron chi connectivity index (χ4n) is 1.09. The molecular weight excluding hydrogens is 252 g/mol. The van der Waals surface area contributed by atoms with Crippen molar-refractivity contribution in [3.05, 3.63) is 52.6 Å². The van der Waals surface area contributed by atoms with Gasteiger partial charge in [-0.15, -0.1) is 6.58 Å². The van der Waals surface area contributed by atoms with Gasteiger partial charge in [0.15, 0.2) is 5.11 Å². The summed E-state index contributed by atoms with van der Waals surface area (Å²) in [7, 11) is 0. The molecule has 7 heteroatoms. The van der Waals surface area contributed by atoms with Crippen LogP contribution in [0.3, 0.4) is 0 Å². The number of nitrogens with zero attached hydrogens (tertiary/aromatic N) is 2. The van der Waals surface area contributed by atoms with Gasteiger partial charge in [0, 0.05) is 24.2 Å². The van der Waals surface area contributed by atoms with E-state index in [4.69, 9.17) is 12.2 Å². The number of non-ortho nitro benzene ring substituents is 1. The quantitative estimate of drug-likeness (QED) is 0.277. The standard InChI is InChI=1S/C11H12N4O2S/c1-2-6-12-11(18)14-13-8-9-4-3-5-10(7-9)15(16)17/h2-5,7-8H,1,6H2,(H2,12,14,18). The summed E-state index contributed by atoms with van der Waals surface area (Å²) < 4.78 is 0. The number of nitro groups is 1. The Hall–Kier alpha value is -2.28. The van der Waals surface area contributed by atoms with Gasteiger partial charge < -0.3 is 5.32 Å². The minimum atomic E-state index is -0.457. The molecule has 94 valence electrons. The number of benzene rings is 1. The van der Waals surface area contributed by atoms with Crippen LogP contribution in [0.1, 0.15) is 5.56 Å². The third-order valence-corrected chi connectivity index (χ3v) is 2.10. The van der Waals surface area contributed by atoms with Crippen molar-refractivity contribution in [1.29, 1.82) is 0 Å². The molecule has 0 spiro atoms. The molecule has 1 rings (SSSR count). The first-order valence-corrected chi connectivity index (χ1v) is 5.46. The summed E-state index contributed by atoms with van der Waals surface area (Å²) in [4.78, 5) is 10.1. The summed E-state index contributed by atoms with van der Waals surface area (Å²) in [6, 6.07) is 6.14. The normalized spacial score (nSPS) is 10.0. The zero-order chi connectivity index (χ0) is 13.4. The smallest absolute Gasteiger partial charge is 0.270 e. The molecule has 0 unspecified atom stereocenters. The third kappa shape index (κ3) is 4.71. The molecule has 0 atom stereocenters. The summed E-state index contributed by atoms with van der Waals surface area (Å²) in [5, 5.41) is 17.6. The van der Waals surface area contributed by atoms with Crippen LogP contribution >= 0.6 is 12.2 Å². The van der Waals surface area contributed by atoms with Crippen molar-refractivity contribution >= 4 is 29.2 Å². The Bertz CT molecular complexity index is 488. The molecule has 0 fully saturated rings. The first kappa shape index (κ1) is 13.8. The largest absolute Gasteiger partial charge is 0.358 e. The third-order valence-electron chi connectivity index (χ3n) is 1.87. The molecule has 2 N–H and O–H groups in total. The van der Waals surface area contributed by atoms with Crippen molar-refractivity contribution in [2.45, 2.75) is 0 Å². The summed E-state index contributed by atoms with van der Waals surface area (Å²) in [6.07, 6.45) is 3.12. The first-order chi connectivity index (χ1) is 8.63. The maximum atomic E-state index is 10.6. The van der Waals surface area contributed by atoms with Crippen LogP contribution in [0.15, 0.2) is 42.0 Å². The minimum Gasteiger partial charge on any atom is -0.358 e. The van der Waals surface area contributed by atoms with Crippen molar-refractivity contribution in [3.63, 3.8) is 0 Å². The van der Waals surface area contributed by atoms with Gasteiger partial charge in [0.25, 0.3) is 5.69 Å². The molecule has 0 bridgehead atoms. The second kappa shape index (κ2) is 7.13. The van der Waals surface area contributed by atoms with Crippen molar-refractivity contribution in [2.24, 2.45) is 5.10 Å². The maximum absolute atomic E-state index is 10.6. The number of rotatable bonds is 5. The van der Waals surface area contributed by atoms with E-state index in [9.17, 15) is 10.1 Å². The predicted molar refractivity (Wildman–Crippen MR) is 74.6 cm³/mol.